The zero-order chi connectivity index (χ0) is 14.8. The Hall–Kier alpha value is -2.30. The van der Waals surface area contributed by atoms with Gasteiger partial charge in [-0.3, -0.25) is 0 Å². The molecule has 1 aromatic carbocycles. The van der Waals surface area contributed by atoms with Crippen LogP contribution in [0.2, 0.25) is 0 Å². The van der Waals surface area contributed by atoms with E-state index in [2.05, 4.69) is 5.10 Å². The molecule has 0 bridgehead atoms. The number of aromatic carboxylic acids is 1. The number of carbonyl (C=O) groups is 1. The summed E-state index contributed by atoms with van der Waals surface area (Å²) >= 11 is 0. The molecule has 0 atom stereocenters. The van der Waals surface area contributed by atoms with Crippen LogP contribution in [-0.2, 0) is 0 Å². The number of para-hydroxylation sites is 1. The minimum Gasteiger partial charge on any atom is -0.477 e. The fourth-order valence-electron chi connectivity index (χ4n) is 3.19. The quantitative estimate of drug-likeness (QED) is 0.907. The van der Waals surface area contributed by atoms with Gasteiger partial charge in [0, 0.05) is 5.92 Å². The van der Waals surface area contributed by atoms with Gasteiger partial charge in [-0.05, 0) is 25.0 Å². The Bertz CT molecular complexity index is 643. The highest BCUT2D eigenvalue weighted by Crippen LogP contribution is 2.37. The Morgan fingerprint density at radius 2 is 1.86 bits per heavy atom. The van der Waals surface area contributed by atoms with Gasteiger partial charge in [0.2, 0.25) is 0 Å². The first-order chi connectivity index (χ1) is 10.2. The second-order valence-electron chi connectivity index (χ2n) is 5.53. The number of nitrogens with zero attached hydrogens (tertiary/aromatic N) is 2. The van der Waals surface area contributed by atoms with Crippen molar-refractivity contribution in [2.24, 2.45) is 0 Å². The number of rotatable bonds is 3. The Labute approximate surface area is 123 Å². The lowest BCUT2D eigenvalue weighted by atomic mass is 9.85. The molecule has 5 nitrogen and oxygen atoms in total. The van der Waals surface area contributed by atoms with Crippen molar-refractivity contribution >= 4 is 11.8 Å². The first kappa shape index (κ1) is 13.7. The van der Waals surface area contributed by atoms with Gasteiger partial charge in [0.15, 0.2) is 5.82 Å². The molecule has 1 heterocycles. The van der Waals surface area contributed by atoms with Gasteiger partial charge in [0.1, 0.15) is 5.56 Å². The molecular weight excluding hydrogens is 266 g/mol. The van der Waals surface area contributed by atoms with E-state index in [1.54, 1.807) is 4.68 Å². The molecule has 3 N–H and O–H groups in total. The summed E-state index contributed by atoms with van der Waals surface area (Å²) in [4.78, 5) is 11.6. The Balaban J connectivity index is 2.15. The van der Waals surface area contributed by atoms with Crippen LogP contribution in [0.1, 0.15) is 54.1 Å². The largest absolute Gasteiger partial charge is 0.477 e. The van der Waals surface area contributed by atoms with Crippen molar-refractivity contribution in [1.29, 1.82) is 0 Å². The summed E-state index contributed by atoms with van der Waals surface area (Å²) < 4.78 is 1.72. The zero-order valence-electron chi connectivity index (χ0n) is 11.8. The first-order valence-corrected chi connectivity index (χ1v) is 7.35. The minimum absolute atomic E-state index is 0.104. The molecule has 0 radical (unpaired) electrons. The maximum absolute atomic E-state index is 11.6. The van der Waals surface area contributed by atoms with Crippen LogP contribution in [0, 0.1) is 0 Å². The van der Waals surface area contributed by atoms with E-state index < -0.39 is 5.97 Å². The second kappa shape index (κ2) is 5.60. The van der Waals surface area contributed by atoms with Crippen LogP contribution in [0.15, 0.2) is 30.3 Å². The molecule has 0 saturated heterocycles. The predicted molar refractivity (Wildman–Crippen MR) is 80.8 cm³/mol. The van der Waals surface area contributed by atoms with E-state index in [-0.39, 0.29) is 17.3 Å². The predicted octanol–water partition coefficient (Wildman–Crippen LogP) is 3.20. The van der Waals surface area contributed by atoms with E-state index in [1.807, 2.05) is 30.3 Å². The van der Waals surface area contributed by atoms with Gasteiger partial charge < -0.3 is 10.8 Å². The molecule has 5 heteroatoms. The number of nitrogens with two attached hydrogens (primary N) is 1. The van der Waals surface area contributed by atoms with Gasteiger partial charge in [0.25, 0.3) is 0 Å². The molecule has 1 fully saturated rings. The van der Waals surface area contributed by atoms with Crippen molar-refractivity contribution in [1.82, 2.24) is 9.78 Å². The summed E-state index contributed by atoms with van der Waals surface area (Å²) in [5.41, 5.74) is 7.66. The van der Waals surface area contributed by atoms with Gasteiger partial charge in [-0.2, -0.15) is 0 Å². The van der Waals surface area contributed by atoms with Crippen LogP contribution in [0.3, 0.4) is 0 Å². The van der Waals surface area contributed by atoms with Gasteiger partial charge in [-0.1, -0.05) is 37.5 Å². The van der Waals surface area contributed by atoms with Crippen LogP contribution in [-0.4, -0.2) is 20.9 Å². The highest BCUT2D eigenvalue weighted by atomic mass is 16.4. The second-order valence-corrected chi connectivity index (χ2v) is 5.53. The smallest absolute Gasteiger partial charge is 0.341 e. The van der Waals surface area contributed by atoms with Crippen LogP contribution in [0.25, 0.3) is 5.69 Å². The standard InChI is InChI=1S/C16H19N3O2/c17-15-13(16(20)21)14(11-7-3-1-4-8-11)19(18-15)12-9-5-2-6-10-12/h2,5-6,9-11H,1,3-4,7-8H2,(H2,17,18)(H,20,21). The van der Waals surface area contributed by atoms with Crippen LogP contribution >= 0.6 is 0 Å². The SMILES string of the molecule is Nc1nn(-c2ccccc2)c(C2CCCCC2)c1C(=O)O. The van der Waals surface area contributed by atoms with Gasteiger partial charge in [-0.25, -0.2) is 9.48 Å². The van der Waals surface area contributed by atoms with E-state index in [1.165, 1.54) is 6.42 Å². The van der Waals surface area contributed by atoms with Crippen LogP contribution in [0.4, 0.5) is 5.82 Å². The van der Waals surface area contributed by atoms with E-state index in [0.29, 0.717) is 0 Å². The van der Waals surface area contributed by atoms with Gasteiger partial charge in [-0.15, -0.1) is 5.10 Å². The van der Waals surface area contributed by atoms with E-state index in [4.69, 9.17) is 5.73 Å². The Kier molecular flexibility index (Phi) is 3.64. The molecule has 0 aliphatic heterocycles. The zero-order valence-corrected chi connectivity index (χ0v) is 11.8. The molecule has 0 unspecified atom stereocenters. The maximum atomic E-state index is 11.6. The normalized spacial score (nSPS) is 16.0. The molecule has 3 rings (SSSR count). The van der Waals surface area contributed by atoms with E-state index >= 15 is 0 Å². The minimum atomic E-state index is -0.991. The fraction of sp³-hybridized carbons (Fsp3) is 0.375. The molecule has 1 aliphatic carbocycles. The first-order valence-electron chi connectivity index (χ1n) is 7.35. The number of hydrogen-bond acceptors (Lipinski definition) is 3. The monoisotopic (exact) mass is 285 g/mol. The lowest BCUT2D eigenvalue weighted by Gasteiger charge is -2.23. The lowest BCUT2D eigenvalue weighted by Crippen LogP contribution is -2.14. The van der Waals surface area contributed by atoms with Crippen LogP contribution in [0.5, 0.6) is 0 Å². The average Bonchev–Trinajstić information content (AvgIpc) is 2.86. The summed E-state index contributed by atoms with van der Waals surface area (Å²) in [5.74, 6) is -0.669. The number of anilines is 1. The number of nitrogen functional groups attached to an aromatic ring is 1. The summed E-state index contributed by atoms with van der Waals surface area (Å²) in [6.45, 7) is 0. The molecular formula is C16H19N3O2. The third-order valence-electron chi connectivity index (χ3n) is 4.15. The van der Waals surface area contributed by atoms with Gasteiger partial charge >= 0.3 is 5.97 Å². The number of carboxylic acids is 1. The summed E-state index contributed by atoms with van der Waals surface area (Å²) in [7, 11) is 0. The highest BCUT2D eigenvalue weighted by molar-refractivity contribution is 5.94. The van der Waals surface area contributed by atoms with E-state index in [0.717, 1.165) is 37.1 Å². The maximum Gasteiger partial charge on any atom is 0.341 e. The van der Waals surface area contributed by atoms with Crippen molar-refractivity contribution in [3.8, 4) is 5.69 Å². The average molecular weight is 285 g/mol. The topological polar surface area (TPSA) is 81.1 Å². The molecule has 1 aromatic heterocycles. The fourth-order valence-corrected chi connectivity index (χ4v) is 3.19. The van der Waals surface area contributed by atoms with Gasteiger partial charge in [0.05, 0.1) is 11.4 Å². The Morgan fingerprint density at radius 1 is 1.19 bits per heavy atom. The third-order valence-corrected chi connectivity index (χ3v) is 4.15. The summed E-state index contributed by atoms with van der Waals surface area (Å²) in [6, 6.07) is 9.60. The van der Waals surface area contributed by atoms with Crippen molar-refractivity contribution < 1.29 is 9.90 Å². The van der Waals surface area contributed by atoms with Crippen molar-refractivity contribution in [3.63, 3.8) is 0 Å². The molecule has 21 heavy (non-hydrogen) atoms. The molecule has 1 saturated carbocycles. The van der Waals surface area contributed by atoms with Crippen molar-refractivity contribution in [2.75, 3.05) is 5.73 Å². The number of aromatic nitrogens is 2. The molecule has 2 aromatic rings. The third kappa shape index (κ3) is 2.51. The lowest BCUT2D eigenvalue weighted by molar-refractivity contribution is 0.0696. The van der Waals surface area contributed by atoms with Crippen molar-refractivity contribution in [3.05, 3.63) is 41.6 Å². The summed E-state index contributed by atoms with van der Waals surface area (Å²) in [6.07, 6.45) is 5.47. The highest BCUT2D eigenvalue weighted by Gasteiger charge is 2.29. The molecule has 0 spiro atoms. The molecule has 0 amide bonds. The summed E-state index contributed by atoms with van der Waals surface area (Å²) in [5, 5.41) is 13.8. The van der Waals surface area contributed by atoms with Crippen molar-refractivity contribution in [2.45, 2.75) is 38.0 Å². The Morgan fingerprint density at radius 3 is 2.48 bits per heavy atom. The number of benzene rings is 1. The number of hydrogen-bond donors (Lipinski definition) is 2. The van der Waals surface area contributed by atoms with E-state index in [9.17, 15) is 9.90 Å². The van der Waals surface area contributed by atoms with Crippen LogP contribution < -0.4 is 5.73 Å². The number of carboxylic acid groups (broad SMARTS) is 1. The molecule has 1 aliphatic rings. The molecule has 110 valence electrons.